The third kappa shape index (κ3) is 6.95. The van der Waals surface area contributed by atoms with Crippen LogP contribution < -0.4 is 9.47 Å². The summed E-state index contributed by atoms with van der Waals surface area (Å²) < 4.78 is 12.1. The van der Waals surface area contributed by atoms with E-state index < -0.39 is 0 Å². The molecule has 0 fully saturated rings. The van der Waals surface area contributed by atoms with Crippen LogP contribution in [0.2, 0.25) is 0 Å². The Balaban J connectivity index is 1.35. The lowest BCUT2D eigenvalue weighted by Gasteiger charge is -2.24. The maximum absolute atomic E-state index is 6.08. The molecule has 36 heavy (non-hydrogen) atoms. The van der Waals surface area contributed by atoms with E-state index in [4.69, 9.17) is 9.47 Å². The van der Waals surface area contributed by atoms with Crippen molar-refractivity contribution in [2.75, 3.05) is 0 Å². The average molecular weight is 497 g/mol. The summed E-state index contributed by atoms with van der Waals surface area (Å²) >= 11 is 1.76. The summed E-state index contributed by atoms with van der Waals surface area (Å²) in [6.45, 7) is 13.1. The molecule has 0 spiro atoms. The molecule has 0 heterocycles. The van der Waals surface area contributed by atoms with E-state index in [0.29, 0.717) is 0 Å². The molecule has 0 aliphatic heterocycles. The Hall–Kier alpha value is -3.17. The summed E-state index contributed by atoms with van der Waals surface area (Å²) in [4.78, 5) is 2.43. The molecule has 0 atom stereocenters. The SMILES string of the molecule is CCC(C)(C)Oc1ccc(-c2ccc(Oc3ccc(Sc4ccc(C(C)(C)C)cc4)cc3)cc2)cc1. The summed E-state index contributed by atoms with van der Waals surface area (Å²) in [6.07, 6.45) is 0.962. The van der Waals surface area contributed by atoms with Crippen LogP contribution in [0.4, 0.5) is 0 Å². The van der Waals surface area contributed by atoms with Crippen LogP contribution in [-0.2, 0) is 5.41 Å². The second-order valence-corrected chi connectivity index (χ2v) is 11.9. The topological polar surface area (TPSA) is 18.5 Å². The highest BCUT2D eigenvalue weighted by Gasteiger charge is 2.16. The molecule has 4 aromatic rings. The Kier molecular flexibility index (Phi) is 7.80. The first kappa shape index (κ1) is 25.9. The van der Waals surface area contributed by atoms with Gasteiger partial charge in [-0.1, -0.05) is 75.9 Å². The van der Waals surface area contributed by atoms with Gasteiger partial charge in [0, 0.05) is 9.79 Å². The molecule has 0 N–H and O–H groups in total. The molecular weight excluding hydrogens is 460 g/mol. The van der Waals surface area contributed by atoms with Crippen molar-refractivity contribution in [2.45, 2.75) is 68.8 Å². The number of rotatable bonds is 8. The molecule has 2 nitrogen and oxygen atoms in total. The van der Waals surface area contributed by atoms with Crippen LogP contribution in [0.5, 0.6) is 17.2 Å². The summed E-state index contributed by atoms with van der Waals surface area (Å²) in [5.41, 5.74) is 3.66. The smallest absolute Gasteiger partial charge is 0.127 e. The summed E-state index contributed by atoms with van der Waals surface area (Å²) in [6, 6.07) is 33.6. The molecule has 0 radical (unpaired) electrons. The van der Waals surface area contributed by atoms with Crippen LogP contribution in [0.25, 0.3) is 11.1 Å². The normalized spacial score (nSPS) is 11.8. The monoisotopic (exact) mass is 496 g/mol. The lowest BCUT2D eigenvalue weighted by atomic mass is 9.87. The van der Waals surface area contributed by atoms with Gasteiger partial charge < -0.3 is 9.47 Å². The molecule has 0 aliphatic rings. The zero-order chi connectivity index (χ0) is 25.8. The van der Waals surface area contributed by atoms with Crippen molar-refractivity contribution in [3.63, 3.8) is 0 Å². The van der Waals surface area contributed by atoms with E-state index in [2.05, 4.69) is 102 Å². The second-order valence-electron chi connectivity index (χ2n) is 10.7. The van der Waals surface area contributed by atoms with Crippen molar-refractivity contribution in [3.05, 3.63) is 103 Å². The predicted octanol–water partition coefficient (Wildman–Crippen LogP) is 10.2. The van der Waals surface area contributed by atoms with Crippen LogP contribution in [0.1, 0.15) is 53.5 Å². The molecule has 0 saturated carbocycles. The maximum Gasteiger partial charge on any atom is 0.127 e. The average Bonchev–Trinajstić information content (AvgIpc) is 2.86. The highest BCUT2D eigenvalue weighted by Crippen LogP contribution is 2.33. The van der Waals surface area contributed by atoms with E-state index in [1.807, 2.05) is 36.4 Å². The van der Waals surface area contributed by atoms with E-state index >= 15 is 0 Å². The van der Waals surface area contributed by atoms with Gasteiger partial charge in [-0.2, -0.15) is 0 Å². The van der Waals surface area contributed by atoms with Gasteiger partial charge in [-0.25, -0.2) is 0 Å². The van der Waals surface area contributed by atoms with Crippen LogP contribution in [0, 0.1) is 0 Å². The van der Waals surface area contributed by atoms with Crippen LogP contribution >= 0.6 is 11.8 Å². The lowest BCUT2D eigenvalue weighted by molar-refractivity contribution is 0.105. The maximum atomic E-state index is 6.08. The first-order chi connectivity index (χ1) is 17.1. The van der Waals surface area contributed by atoms with Gasteiger partial charge in [-0.3, -0.25) is 0 Å². The van der Waals surface area contributed by atoms with Crippen LogP contribution in [-0.4, -0.2) is 5.60 Å². The van der Waals surface area contributed by atoms with Gasteiger partial charge in [-0.15, -0.1) is 0 Å². The molecule has 186 valence electrons. The Morgan fingerprint density at radius 2 is 0.972 bits per heavy atom. The fourth-order valence-electron chi connectivity index (χ4n) is 3.69. The largest absolute Gasteiger partial charge is 0.488 e. The molecular formula is C33H36O2S. The zero-order valence-electron chi connectivity index (χ0n) is 22.2. The van der Waals surface area contributed by atoms with E-state index in [0.717, 1.165) is 34.8 Å². The van der Waals surface area contributed by atoms with Crippen LogP contribution in [0.3, 0.4) is 0 Å². The fraction of sp³-hybridized carbons (Fsp3) is 0.273. The highest BCUT2D eigenvalue weighted by molar-refractivity contribution is 7.99. The minimum Gasteiger partial charge on any atom is -0.488 e. The molecule has 0 unspecified atom stereocenters. The van der Waals surface area contributed by atoms with Gasteiger partial charge in [0.05, 0.1) is 0 Å². The first-order valence-corrected chi connectivity index (χ1v) is 13.4. The molecule has 4 aromatic carbocycles. The Labute approximate surface area is 220 Å². The lowest BCUT2D eigenvalue weighted by Crippen LogP contribution is -2.26. The Morgan fingerprint density at radius 1 is 0.556 bits per heavy atom. The molecule has 3 heteroatoms. The molecule has 4 rings (SSSR count). The van der Waals surface area contributed by atoms with Gasteiger partial charge in [0.2, 0.25) is 0 Å². The fourth-order valence-corrected chi connectivity index (χ4v) is 4.51. The van der Waals surface area contributed by atoms with Crippen LogP contribution in [0.15, 0.2) is 107 Å². The van der Waals surface area contributed by atoms with E-state index in [9.17, 15) is 0 Å². The standard InChI is InChI=1S/C33H36O2S/c1-7-33(5,6)35-29-16-10-25(11-17-29)24-8-14-27(15-9-24)34-28-18-22-31(23-19-28)36-30-20-12-26(13-21-30)32(2,3)4/h8-23H,7H2,1-6H3. The van der Waals surface area contributed by atoms with Crippen molar-refractivity contribution in [2.24, 2.45) is 0 Å². The van der Waals surface area contributed by atoms with Gasteiger partial charge >= 0.3 is 0 Å². The first-order valence-electron chi connectivity index (χ1n) is 12.6. The summed E-state index contributed by atoms with van der Waals surface area (Å²) in [5.74, 6) is 2.55. The predicted molar refractivity (Wildman–Crippen MR) is 153 cm³/mol. The number of benzene rings is 4. The van der Waals surface area contributed by atoms with Gasteiger partial charge in [0.25, 0.3) is 0 Å². The minimum atomic E-state index is -0.158. The van der Waals surface area contributed by atoms with Gasteiger partial charge in [0.15, 0.2) is 0 Å². The molecule has 0 amide bonds. The van der Waals surface area contributed by atoms with Crippen molar-refractivity contribution in [3.8, 4) is 28.4 Å². The third-order valence-electron chi connectivity index (χ3n) is 6.30. The molecule has 0 aromatic heterocycles. The third-order valence-corrected chi connectivity index (χ3v) is 7.32. The zero-order valence-corrected chi connectivity index (χ0v) is 23.0. The Bertz CT molecular complexity index is 1250. The second kappa shape index (κ2) is 10.8. The number of ether oxygens (including phenoxy) is 2. The van der Waals surface area contributed by atoms with Gasteiger partial charge in [0.1, 0.15) is 22.8 Å². The van der Waals surface area contributed by atoms with E-state index in [-0.39, 0.29) is 11.0 Å². The van der Waals surface area contributed by atoms with E-state index in [1.54, 1.807) is 11.8 Å². The van der Waals surface area contributed by atoms with Crippen molar-refractivity contribution in [1.82, 2.24) is 0 Å². The highest BCUT2D eigenvalue weighted by atomic mass is 32.2. The molecule has 0 bridgehead atoms. The minimum absolute atomic E-state index is 0.158. The quantitative estimate of drug-likeness (QED) is 0.242. The Morgan fingerprint density at radius 3 is 1.42 bits per heavy atom. The van der Waals surface area contributed by atoms with Crippen molar-refractivity contribution in [1.29, 1.82) is 0 Å². The van der Waals surface area contributed by atoms with E-state index in [1.165, 1.54) is 15.4 Å². The molecule has 0 aliphatic carbocycles. The summed E-state index contributed by atoms with van der Waals surface area (Å²) in [5, 5.41) is 0. The van der Waals surface area contributed by atoms with Crippen molar-refractivity contribution >= 4 is 11.8 Å². The molecule has 0 saturated heterocycles. The van der Waals surface area contributed by atoms with Gasteiger partial charge in [-0.05, 0) is 103 Å². The summed E-state index contributed by atoms with van der Waals surface area (Å²) in [7, 11) is 0. The number of hydrogen-bond donors (Lipinski definition) is 0. The number of hydrogen-bond acceptors (Lipinski definition) is 3. The van der Waals surface area contributed by atoms with Crippen molar-refractivity contribution < 1.29 is 9.47 Å².